The van der Waals surface area contributed by atoms with Crippen molar-refractivity contribution in [1.29, 1.82) is 0 Å². The molecule has 0 radical (unpaired) electrons. The first-order chi connectivity index (χ1) is 12.5. The van der Waals surface area contributed by atoms with Gasteiger partial charge >= 0.3 is 6.01 Å². The zero-order chi connectivity index (χ0) is 18.7. The van der Waals surface area contributed by atoms with Crippen LogP contribution in [0.1, 0.15) is 40.1 Å². The fraction of sp³-hybridized carbons (Fsp3) is 0.263. The second kappa shape index (κ2) is 7.35. The summed E-state index contributed by atoms with van der Waals surface area (Å²) in [6.45, 7) is 5.97. The molecule has 0 fully saturated rings. The minimum absolute atomic E-state index is 0.206. The van der Waals surface area contributed by atoms with Crippen molar-refractivity contribution in [2.75, 3.05) is 7.11 Å². The van der Waals surface area contributed by atoms with Gasteiger partial charge in [0.1, 0.15) is 0 Å². The molecule has 1 N–H and O–H groups in total. The number of rotatable bonds is 5. The number of nitrogens with one attached hydrogen (secondary N) is 1. The van der Waals surface area contributed by atoms with Gasteiger partial charge in [0.05, 0.1) is 30.6 Å². The maximum atomic E-state index is 12.4. The Morgan fingerprint density at radius 3 is 2.50 bits per heavy atom. The third kappa shape index (κ3) is 3.42. The van der Waals surface area contributed by atoms with Crippen molar-refractivity contribution in [3.63, 3.8) is 0 Å². The Hall–Kier alpha value is -3.22. The van der Waals surface area contributed by atoms with Crippen LogP contribution in [0.15, 0.2) is 42.9 Å². The van der Waals surface area contributed by atoms with Gasteiger partial charge < -0.3 is 10.1 Å². The van der Waals surface area contributed by atoms with Crippen LogP contribution in [-0.4, -0.2) is 32.8 Å². The molecule has 2 heterocycles. The molecule has 0 aliphatic carbocycles. The number of nitrogens with zero attached hydrogens (tertiary/aromatic N) is 4. The van der Waals surface area contributed by atoms with Crippen LogP contribution in [0.4, 0.5) is 0 Å². The predicted molar refractivity (Wildman–Crippen MR) is 97.5 cm³/mol. The van der Waals surface area contributed by atoms with Gasteiger partial charge in [-0.2, -0.15) is 5.10 Å². The van der Waals surface area contributed by atoms with Gasteiger partial charge in [-0.3, -0.25) is 4.79 Å². The molecule has 0 bridgehead atoms. The molecule has 0 saturated carbocycles. The summed E-state index contributed by atoms with van der Waals surface area (Å²) in [5, 5.41) is 7.45. The normalized spacial score (nSPS) is 11.8. The highest BCUT2D eigenvalue weighted by Gasteiger charge is 2.18. The molecule has 1 atom stereocenters. The van der Waals surface area contributed by atoms with Crippen LogP contribution in [0.2, 0.25) is 0 Å². The third-order valence-electron chi connectivity index (χ3n) is 4.28. The van der Waals surface area contributed by atoms with E-state index in [1.807, 2.05) is 49.7 Å². The Morgan fingerprint density at radius 2 is 1.85 bits per heavy atom. The third-order valence-corrected chi connectivity index (χ3v) is 4.28. The van der Waals surface area contributed by atoms with Gasteiger partial charge in [-0.15, -0.1) is 0 Å². The van der Waals surface area contributed by atoms with Crippen LogP contribution in [0.25, 0.3) is 5.69 Å². The van der Waals surface area contributed by atoms with Crippen molar-refractivity contribution in [2.24, 2.45) is 0 Å². The molecule has 1 amide bonds. The van der Waals surface area contributed by atoms with Gasteiger partial charge in [-0.1, -0.05) is 18.2 Å². The molecule has 0 aliphatic heterocycles. The SMILES string of the molecule is COc1ncc(C(=O)NC(C)c2cnn(-c3ccccc3C)c2C)cn1. The van der Waals surface area contributed by atoms with E-state index in [9.17, 15) is 4.79 Å². The molecule has 0 spiro atoms. The lowest BCUT2D eigenvalue weighted by molar-refractivity contribution is 0.0939. The van der Waals surface area contributed by atoms with E-state index in [2.05, 4.69) is 20.4 Å². The molecule has 1 aromatic carbocycles. The Bertz CT molecular complexity index is 918. The van der Waals surface area contributed by atoms with Crippen molar-refractivity contribution >= 4 is 5.91 Å². The highest BCUT2D eigenvalue weighted by Crippen LogP contribution is 2.22. The van der Waals surface area contributed by atoms with Gasteiger partial charge in [0.2, 0.25) is 0 Å². The van der Waals surface area contributed by atoms with Crippen molar-refractivity contribution in [2.45, 2.75) is 26.8 Å². The van der Waals surface area contributed by atoms with Gasteiger partial charge in [-0.05, 0) is 32.4 Å². The molecule has 3 aromatic rings. The fourth-order valence-corrected chi connectivity index (χ4v) is 2.79. The number of hydrogen-bond acceptors (Lipinski definition) is 5. The molecule has 0 aliphatic rings. The summed E-state index contributed by atoms with van der Waals surface area (Å²) in [7, 11) is 1.48. The smallest absolute Gasteiger partial charge is 0.316 e. The van der Waals surface area contributed by atoms with Crippen LogP contribution >= 0.6 is 0 Å². The Balaban J connectivity index is 1.79. The van der Waals surface area contributed by atoms with E-state index in [1.54, 1.807) is 6.20 Å². The van der Waals surface area contributed by atoms with Crippen LogP contribution in [-0.2, 0) is 0 Å². The van der Waals surface area contributed by atoms with Crippen LogP contribution in [0.5, 0.6) is 6.01 Å². The maximum absolute atomic E-state index is 12.4. The van der Waals surface area contributed by atoms with Crippen molar-refractivity contribution in [1.82, 2.24) is 25.1 Å². The van der Waals surface area contributed by atoms with Gasteiger partial charge in [0.15, 0.2) is 0 Å². The second-order valence-corrected chi connectivity index (χ2v) is 6.04. The molecule has 0 saturated heterocycles. The largest absolute Gasteiger partial charge is 0.467 e. The van der Waals surface area contributed by atoms with Gasteiger partial charge in [0, 0.05) is 23.7 Å². The summed E-state index contributed by atoms with van der Waals surface area (Å²) in [4.78, 5) is 20.3. The number of amides is 1. The first-order valence-corrected chi connectivity index (χ1v) is 8.28. The molecule has 1 unspecified atom stereocenters. The molecule has 7 heteroatoms. The average molecular weight is 351 g/mol. The Morgan fingerprint density at radius 1 is 1.15 bits per heavy atom. The lowest BCUT2D eigenvalue weighted by atomic mass is 10.1. The quantitative estimate of drug-likeness (QED) is 0.764. The van der Waals surface area contributed by atoms with E-state index in [4.69, 9.17) is 4.74 Å². The van der Waals surface area contributed by atoms with Crippen molar-refractivity contribution in [3.05, 3.63) is 65.2 Å². The molecule has 134 valence electrons. The summed E-state index contributed by atoms with van der Waals surface area (Å²) in [5.74, 6) is -0.247. The number of aryl methyl sites for hydroxylation is 1. The summed E-state index contributed by atoms with van der Waals surface area (Å²) < 4.78 is 6.80. The molecule has 2 aromatic heterocycles. The molecular formula is C19H21N5O2. The van der Waals surface area contributed by atoms with Crippen molar-refractivity contribution < 1.29 is 9.53 Å². The molecular weight excluding hydrogens is 330 g/mol. The first kappa shape index (κ1) is 17.6. The number of benzene rings is 1. The average Bonchev–Trinajstić information content (AvgIpc) is 3.03. The molecule has 3 rings (SSSR count). The zero-order valence-corrected chi connectivity index (χ0v) is 15.2. The van der Waals surface area contributed by atoms with Crippen LogP contribution in [0.3, 0.4) is 0 Å². The van der Waals surface area contributed by atoms with Crippen LogP contribution < -0.4 is 10.1 Å². The van der Waals surface area contributed by atoms with E-state index in [-0.39, 0.29) is 18.0 Å². The highest BCUT2D eigenvalue weighted by molar-refractivity contribution is 5.93. The number of para-hydroxylation sites is 1. The standard InChI is InChI=1S/C19H21N5O2/c1-12-7-5-6-8-17(12)24-14(3)16(11-22-24)13(2)23-18(25)15-9-20-19(26-4)21-10-15/h5-11,13H,1-4H3,(H,23,25). The van der Waals surface area contributed by atoms with E-state index in [1.165, 1.54) is 19.5 Å². The van der Waals surface area contributed by atoms with Crippen molar-refractivity contribution in [3.8, 4) is 11.7 Å². The fourth-order valence-electron chi connectivity index (χ4n) is 2.79. The number of methoxy groups -OCH3 is 1. The summed E-state index contributed by atoms with van der Waals surface area (Å²) in [5.41, 5.74) is 4.48. The van der Waals surface area contributed by atoms with E-state index >= 15 is 0 Å². The van der Waals surface area contributed by atoms with E-state index < -0.39 is 0 Å². The molecule has 7 nitrogen and oxygen atoms in total. The summed E-state index contributed by atoms with van der Waals surface area (Å²) >= 11 is 0. The first-order valence-electron chi connectivity index (χ1n) is 8.28. The number of ether oxygens (including phenoxy) is 1. The number of aromatic nitrogens is 4. The number of carbonyl (C=O) groups excluding carboxylic acids is 1. The molecule has 26 heavy (non-hydrogen) atoms. The predicted octanol–water partition coefficient (Wildman–Crippen LogP) is 2.78. The Kier molecular flexibility index (Phi) is 4.97. The van der Waals surface area contributed by atoms with Crippen LogP contribution in [0, 0.1) is 13.8 Å². The number of carbonyl (C=O) groups is 1. The lowest BCUT2D eigenvalue weighted by Gasteiger charge is -2.14. The zero-order valence-electron chi connectivity index (χ0n) is 15.2. The summed E-state index contributed by atoms with van der Waals surface area (Å²) in [6.07, 6.45) is 4.67. The van der Waals surface area contributed by atoms with E-state index in [0.717, 1.165) is 22.5 Å². The topological polar surface area (TPSA) is 81.9 Å². The highest BCUT2D eigenvalue weighted by atomic mass is 16.5. The minimum atomic E-state index is -0.247. The van der Waals surface area contributed by atoms with Gasteiger partial charge in [-0.25, -0.2) is 14.6 Å². The number of hydrogen-bond donors (Lipinski definition) is 1. The van der Waals surface area contributed by atoms with Gasteiger partial charge in [0.25, 0.3) is 5.91 Å². The van der Waals surface area contributed by atoms with E-state index in [0.29, 0.717) is 5.56 Å². The maximum Gasteiger partial charge on any atom is 0.316 e. The monoisotopic (exact) mass is 351 g/mol. The Labute approximate surface area is 152 Å². The summed E-state index contributed by atoms with van der Waals surface area (Å²) in [6, 6.07) is 8.07. The second-order valence-electron chi connectivity index (χ2n) is 6.04. The lowest BCUT2D eigenvalue weighted by Crippen LogP contribution is -2.27. The minimum Gasteiger partial charge on any atom is -0.467 e.